The number of rotatable bonds is 12. The van der Waals surface area contributed by atoms with Gasteiger partial charge in [0.25, 0.3) is 11.7 Å². The van der Waals surface area contributed by atoms with E-state index in [0.29, 0.717) is 67.8 Å². The Kier molecular flexibility index (Phi) is 10.2. The van der Waals surface area contributed by atoms with Crippen molar-refractivity contribution >= 4 is 17.4 Å². The van der Waals surface area contributed by atoms with E-state index in [1.165, 1.54) is 0 Å². The molecule has 0 aliphatic carbocycles. The summed E-state index contributed by atoms with van der Waals surface area (Å²) in [6.45, 7) is 8.80. The topological polar surface area (TPSA) is 97.8 Å². The van der Waals surface area contributed by atoms with E-state index >= 15 is 0 Å². The van der Waals surface area contributed by atoms with Gasteiger partial charge < -0.3 is 29.0 Å². The van der Waals surface area contributed by atoms with Crippen LogP contribution in [0.25, 0.3) is 5.76 Å². The largest absolute Gasteiger partial charge is 0.507 e. The number of ether oxygens (including phenoxy) is 4. The number of hydrogen-bond donors (Lipinski definition) is 1. The molecule has 0 spiro atoms. The molecule has 0 saturated carbocycles. The van der Waals surface area contributed by atoms with Crippen LogP contribution < -0.4 is 14.2 Å². The summed E-state index contributed by atoms with van der Waals surface area (Å²) >= 11 is 0. The van der Waals surface area contributed by atoms with Gasteiger partial charge in [-0.15, -0.1) is 0 Å². The Labute approximate surface area is 258 Å². The van der Waals surface area contributed by atoms with Crippen molar-refractivity contribution in [3.8, 4) is 17.2 Å². The lowest BCUT2D eigenvalue weighted by molar-refractivity contribution is -0.140. The zero-order valence-corrected chi connectivity index (χ0v) is 25.6. The molecular weight excluding hydrogens is 560 g/mol. The molecule has 9 nitrogen and oxygen atoms in total. The first-order valence-corrected chi connectivity index (χ1v) is 15.1. The second-order valence-electron chi connectivity index (χ2n) is 10.9. The van der Waals surface area contributed by atoms with Crippen molar-refractivity contribution in [2.75, 3.05) is 53.1 Å². The van der Waals surface area contributed by atoms with Gasteiger partial charge in [-0.25, -0.2) is 0 Å². The van der Waals surface area contributed by atoms with Crippen LogP contribution in [0.5, 0.6) is 17.2 Å². The average molecular weight is 601 g/mol. The molecule has 3 aromatic rings. The summed E-state index contributed by atoms with van der Waals surface area (Å²) in [5, 5.41) is 11.6. The summed E-state index contributed by atoms with van der Waals surface area (Å²) in [5.41, 5.74) is 2.97. The lowest BCUT2D eigenvalue weighted by atomic mass is 9.94. The summed E-state index contributed by atoms with van der Waals surface area (Å²) in [4.78, 5) is 31.0. The Balaban J connectivity index is 1.47. The number of carbonyl (C=O) groups is 2. The molecule has 0 aromatic heterocycles. The fourth-order valence-corrected chi connectivity index (χ4v) is 5.73. The average Bonchev–Trinajstić information content (AvgIpc) is 3.30. The van der Waals surface area contributed by atoms with Crippen LogP contribution in [0.3, 0.4) is 0 Å². The first kappa shape index (κ1) is 31.1. The molecule has 2 saturated heterocycles. The lowest BCUT2D eigenvalue weighted by Crippen LogP contribution is -2.39. The molecule has 9 heteroatoms. The molecule has 2 fully saturated rings. The Hall–Kier alpha value is -4.34. The molecule has 1 atom stereocenters. The fraction of sp³-hybridized carbons (Fsp3) is 0.371. The third-order valence-electron chi connectivity index (χ3n) is 8.01. The summed E-state index contributed by atoms with van der Waals surface area (Å²) in [7, 11) is 1.55. The van der Waals surface area contributed by atoms with Crippen LogP contribution in [-0.4, -0.2) is 79.7 Å². The van der Waals surface area contributed by atoms with Gasteiger partial charge in [-0.1, -0.05) is 36.4 Å². The Morgan fingerprint density at radius 3 is 2.39 bits per heavy atom. The SMILES string of the molecule is CCOc1ccc(C2/C(=C(/O)c3ccc(OCc4ccccc4)c(C)c3)C(=O)C(=O)N2CCCN2CCOCC2)cc1OC. The number of Topliss-reactive ketones (excluding diaryl/α,β-unsaturated/α-hetero) is 1. The van der Waals surface area contributed by atoms with Crippen molar-refractivity contribution in [2.24, 2.45) is 0 Å². The highest BCUT2D eigenvalue weighted by molar-refractivity contribution is 6.46. The molecule has 232 valence electrons. The van der Waals surface area contributed by atoms with Crippen molar-refractivity contribution < 1.29 is 33.6 Å². The molecule has 2 aliphatic rings. The number of aryl methyl sites for hydroxylation is 1. The summed E-state index contributed by atoms with van der Waals surface area (Å²) in [5.74, 6) is 0.139. The van der Waals surface area contributed by atoms with E-state index in [-0.39, 0.29) is 11.3 Å². The second-order valence-corrected chi connectivity index (χ2v) is 10.9. The van der Waals surface area contributed by atoms with Crippen LogP contribution in [0.4, 0.5) is 0 Å². The van der Waals surface area contributed by atoms with Crippen LogP contribution >= 0.6 is 0 Å². The van der Waals surface area contributed by atoms with E-state index in [2.05, 4.69) is 4.90 Å². The highest BCUT2D eigenvalue weighted by Crippen LogP contribution is 2.42. The predicted molar refractivity (Wildman–Crippen MR) is 167 cm³/mol. The highest BCUT2D eigenvalue weighted by Gasteiger charge is 2.46. The summed E-state index contributed by atoms with van der Waals surface area (Å²) in [6, 6.07) is 19.7. The number of likely N-dealkylation sites (tertiary alicyclic amines) is 1. The van der Waals surface area contributed by atoms with E-state index < -0.39 is 17.7 Å². The summed E-state index contributed by atoms with van der Waals surface area (Å²) < 4.78 is 22.8. The van der Waals surface area contributed by atoms with Crippen LogP contribution in [0.1, 0.15) is 41.6 Å². The first-order valence-electron chi connectivity index (χ1n) is 15.1. The lowest BCUT2D eigenvalue weighted by Gasteiger charge is -2.29. The maximum Gasteiger partial charge on any atom is 0.295 e. The van der Waals surface area contributed by atoms with Crippen LogP contribution in [0.15, 0.2) is 72.3 Å². The van der Waals surface area contributed by atoms with Gasteiger partial charge in [-0.2, -0.15) is 0 Å². The molecule has 2 aliphatic heterocycles. The predicted octanol–water partition coefficient (Wildman–Crippen LogP) is 5.13. The van der Waals surface area contributed by atoms with Crippen molar-refractivity contribution in [1.29, 1.82) is 0 Å². The number of aliphatic hydroxyl groups excluding tert-OH is 1. The van der Waals surface area contributed by atoms with Crippen molar-refractivity contribution in [1.82, 2.24) is 9.80 Å². The number of ketones is 1. The number of amides is 1. The third kappa shape index (κ3) is 6.90. The van der Waals surface area contributed by atoms with Crippen molar-refractivity contribution in [3.63, 3.8) is 0 Å². The Morgan fingerprint density at radius 1 is 0.932 bits per heavy atom. The van der Waals surface area contributed by atoms with Gasteiger partial charge in [0, 0.05) is 31.7 Å². The van der Waals surface area contributed by atoms with Crippen LogP contribution in [0, 0.1) is 6.92 Å². The van der Waals surface area contributed by atoms with E-state index in [4.69, 9.17) is 18.9 Å². The van der Waals surface area contributed by atoms with Gasteiger partial charge in [0.2, 0.25) is 0 Å². The number of nitrogens with zero attached hydrogens (tertiary/aromatic N) is 2. The van der Waals surface area contributed by atoms with E-state index in [1.807, 2.05) is 50.2 Å². The van der Waals surface area contributed by atoms with E-state index in [1.54, 1.807) is 42.3 Å². The number of benzene rings is 3. The van der Waals surface area contributed by atoms with Crippen molar-refractivity contribution in [2.45, 2.75) is 32.9 Å². The molecule has 1 amide bonds. The van der Waals surface area contributed by atoms with Gasteiger partial charge in [-0.05, 0) is 67.3 Å². The van der Waals surface area contributed by atoms with Gasteiger partial charge in [0.15, 0.2) is 11.5 Å². The minimum atomic E-state index is -0.793. The van der Waals surface area contributed by atoms with Crippen LogP contribution in [0.2, 0.25) is 0 Å². The van der Waals surface area contributed by atoms with E-state index in [9.17, 15) is 14.7 Å². The fourth-order valence-electron chi connectivity index (χ4n) is 5.73. The second kappa shape index (κ2) is 14.4. The smallest absolute Gasteiger partial charge is 0.295 e. The quantitative estimate of drug-likeness (QED) is 0.174. The zero-order chi connectivity index (χ0) is 31.1. The van der Waals surface area contributed by atoms with E-state index in [0.717, 1.165) is 30.8 Å². The molecule has 2 heterocycles. The molecule has 5 rings (SSSR count). The monoisotopic (exact) mass is 600 g/mol. The van der Waals surface area contributed by atoms with Crippen LogP contribution in [-0.2, 0) is 20.9 Å². The summed E-state index contributed by atoms with van der Waals surface area (Å²) in [6.07, 6.45) is 0.671. The Morgan fingerprint density at radius 2 is 1.68 bits per heavy atom. The highest BCUT2D eigenvalue weighted by atomic mass is 16.5. The molecular formula is C35H40N2O7. The number of aliphatic hydroxyl groups is 1. The number of methoxy groups -OCH3 is 1. The van der Waals surface area contributed by atoms with Crippen molar-refractivity contribution in [3.05, 3.63) is 94.6 Å². The van der Waals surface area contributed by atoms with Gasteiger partial charge in [0.1, 0.15) is 18.1 Å². The zero-order valence-electron chi connectivity index (χ0n) is 25.6. The maximum absolute atomic E-state index is 13.6. The molecule has 0 radical (unpaired) electrons. The maximum atomic E-state index is 13.6. The minimum Gasteiger partial charge on any atom is -0.507 e. The van der Waals surface area contributed by atoms with Gasteiger partial charge >= 0.3 is 0 Å². The molecule has 44 heavy (non-hydrogen) atoms. The normalized spacial score (nSPS) is 18.4. The molecule has 3 aromatic carbocycles. The van der Waals surface area contributed by atoms with Gasteiger partial charge in [0.05, 0.1) is 38.5 Å². The first-order chi connectivity index (χ1) is 21.4. The molecule has 1 N–H and O–H groups in total. The third-order valence-corrected chi connectivity index (χ3v) is 8.01. The Bertz CT molecular complexity index is 1500. The minimum absolute atomic E-state index is 0.0462. The number of hydrogen-bond acceptors (Lipinski definition) is 8. The molecule has 1 unspecified atom stereocenters. The standard InChI is InChI=1S/C35H40N2O7/c1-4-43-29-14-11-26(22-30(29)41-3)32-31(34(39)35(40)37(32)16-8-15-36-17-19-42-20-18-36)33(38)27-12-13-28(24(2)21-27)44-23-25-9-6-5-7-10-25/h5-7,9-14,21-22,32,38H,4,8,15-20,23H2,1-3H3/b33-31-. The number of carbonyl (C=O) groups excluding carboxylic acids is 2. The molecule has 0 bridgehead atoms. The van der Waals surface area contributed by atoms with Gasteiger partial charge in [-0.3, -0.25) is 14.5 Å². The number of morpholine rings is 1.